The van der Waals surface area contributed by atoms with E-state index in [1.54, 1.807) is 6.07 Å². The van der Waals surface area contributed by atoms with Gasteiger partial charge in [0.25, 0.3) is 5.91 Å². The van der Waals surface area contributed by atoms with Crippen LogP contribution in [0.1, 0.15) is 55.5 Å². The number of nitrogens with zero attached hydrogens (tertiary/aromatic N) is 1. The van der Waals surface area contributed by atoms with Crippen LogP contribution in [0, 0.1) is 0 Å². The van der Waals surface area contributed by atoms with Gasteiger partial charge >= 0.3 is 0 Å². The predicted octanol–water partition coefficient (Wildman–Crippen LogP) is 2.18. The Hall–Kier alpha value is -2.12. The van der Waals surface area contributed by atoms with Crippen LogP contribution < -0.4 is 9.47 Å². The number of amides is 2. The van der Waals surface area contributed by atoms with Crippen molar-refractivity contribution in [1.29, 1.82) is 0 Å². The highest BCUT2D eigenvalue weighted by Crippen LogP contribution is 2.50. The maximum atomic E-state index is 13.1. The van der Waals surface area contributed by atoms with Gasteiger partial charge in [-0.1, -0.05) is 0 Å². The van der Waals surface area contributed by atoms with E-state index in [2.05, 4.69) is 0 Å². The molecule has 1 saturated heterocycles. The molecule has 5 rings (SSSR count). The van der Waals surface area contributed by atoms with E-state index in [4.69, 9.17) is 18.9 Å². The molecule has 1 saturated carbocycles. The van der Waals surface area contributed by atoms with Crippen LogP contribution in [0.3, 0.4) is 0 Å². The minimum Gasteiger partial charge on any atom is -0.454 e. The minimum atomic E-state index is -0.647. The molecule has 26 heavy (non-hydrogen) atoms. The van der Waals surface area contributed by atoms with Crippen LogP contribution in [-0.2, 0) is 14.3 Å². The molecule has 1 aliphatic carbocycles. The van der Waals surface area contributed by atoms with Gasteiger partial charge in [-0.25, -0.2) is 0 Å². The predicted molar refractivity (Wildman–Crippen MR) is 89.0 cm³/mol. The molecule has 4 atom stereocenters. The molecule has 7 nitrogen and oxygen atoms in total. The maximum Gasteiger partial charge on any atom is 0.261 e. The average molecular weight is 359 g/mol. The molecule has 7 heteroatoms. The topological polar surface area (TPSA) is 74.3 Å². The van der Waals surface area contributed by atoms with Crippen molar-refractivity contribution in [2.24, 2.45) is 0 Å². The number of carbonyl (C=O) groups is 2. The number of rotatable bonds is 0. The Morgan fingerprint density at radius 1 is 1.12 bits per heavy atom. The third kappa shape index (κ3) is 2.20. The van der Waals surface area contributed by atoms with Crippen LogP contribution in [-0.4, -0.2) is 47.5 Å². The molecule has 0 spiro atoms. The number of hydrogen-bond acceptors (Lipinski definition) is 6. The van der Waals surface area contributed by atoms with Gasteiger partial charge in [-0.15, -0.1) is 0 Å². The van der Waals surface area contributed by atoms with Crippen LogP contribution in [0.4, 0.5) is 0 Å². The van der Waals surface area contributed by atoms with Crippen LogP contribution >= 0.6 is 0 Å². The lowest BCUT2D eigenvalue weighted by atomic mass is 9.72. The molecule has 4 aliphatic rings. The molecule has 0 unspecified atom stereocenters. The summed E-state index contributed by atoms with van der Waals surface area (Å²) in [6.07, 6.45) is 1.11. The van der Waals surface area contributed by atoms with E-state index >= 15 is 0 Å². The van der Waals surface area contributed by atoms with Crippen molar-refractivity contribution in [3.8, 4) is 11.5 Å². The van der Waals surface area contributed by atoms with Crippen molar-refractivity contribution in [2.45, 2.75) is 63.6 Å². The normalized spacial score (nSPS) is 33.5. The van der Waals surface area contributed by atoms with Crippen molar-refractivity contribution in [3.05, 3.63) is 23.3 Å². The Labute approximate surface area is 151 Å². The molecular formula is C19H21NO6. The highest BCUT2D eigenvalue weighted by molar-refractivity contribution is 6.07. The largest absolute Gasteiger partial charge is 0.454 e. The monoisotopic (exact) mass is 359 g/mol. The number of imide groups is 1. The molecular weight excluding hydrogens is 338 g/mol. The van der Waals surface area contributed by atoms with Gasteiger partial charge in [0, 0.05) is 24.4 Å². The fourth-order valence-electron chi connectivity index (χ4n) is 4.84. The summed E-state index contributed by atoms with van der Waals surface area (Å²) in [4.78, 5) is 26.8. The molecule has 1 aromatic carbocycles. The Morgan fingerprint density at radius 3 is 2.46 bits per heavy atom. The first-order valence-electron chi connectivity index (χ1n) is 8.97. The third-order valence-electron chi connectivity index (χ3n) is 5.77. The lowest BCUT2D eigenvalue weighted by molar-refractivity contribution is -0.145. The van der Waals surface area contributed by atoms with Gasteiger partial charge in [-0.3, -0.25) is 14.5 Å². The Bertz CT molecular complexity index is 818. The summed E-state index contributed by atoms with van der Waals surface area (Å²) >= 11 is 0. The molecule has 3 heterocycles. The van der Waals surface area contributed by atoms with Gasteiger partial charge in [0.05, 0.1) is 12.2 Å². The Balaban J connectivity index is 1.61. The number of fused-ring (bicyclic) bond motifs is 5. The van der Waals surface area contributed by atoms with Gasteiger partial charge in [-0.05, 0) is 44.4 Å². The number of ether oxygens (including phenoxy) is 4. The Kier molecular flexibility index (Phi) is 3.22. The number of carbonyl (C=O) groups excluding carboxylic acids is 2. The third-order valence-corrected chi connectivity index (χ3v) is 5.77. The summed E-state index contributed by atoms with van der Waals surface area (Å²) < 4.78 is 23.0. The van der Waals surface area contributed by atoms with E-state index < -0.39 is 5.79 Å². The van der Waals surface area contributed by atoms with Crippen LogP contribution in [0.5, 0.6) is 11.5 Å². The summed E-state index contributed by atoms with van der Waals surface area (Å²) in [5.74, 6) is 0.0337. The Morgan fingerprint density at radius 2 is 1.77 bits per heavy atom. The zero-order valence-corrected chi connectivity index (χ0v) is 15.0. The molecule has 0 aromatic heterocycles. The zero-order chi connectivity index (χ0) is 18.2. The van der Waals surface area contributed by atoms with E-state index in [9.17, 15) is 9.59 Å². The summed E-state index contributed by atoms with van der Waals surface area (Å²) in [5.41, 5.74) is 1.43. The second-order valence-corrected chi connectivity index (χ2v) is 7.84. The lowest BCUT2D eigenvalue weighted by Gasteiger charge is -2.45. The molecule has 2 fully saturated rings. The van der Waals surface area contributed by atoms with Crippen molar-refractivity contribution in [1.82, 2.24) is 4.90 Å². The quantitative estimate of drug-likeness (QED) is 0.707. The maximum absolute atomic E-state index is 13.1. The van der Waals surface area contributed by atoms with Gasteiger partial charge < -0.3 is 18.9 Å². The molecule has 138 valence electrons. The highest BCUT2D eigenvalue weighted by Gasteiger charge is 2.53. The van der Waals surface area contributed by atoms with Gasteiger partial charge in [-0.2, -0.15) is 0 Å². The summed E-state index contributed by atoms with van der Waals surface area (Å²) in [6, 6.07) is 3.37. The SMILES string of the molecule is CC(=O)N1C(=O)c2cc3c(cc2[C@H]2C[C@@H]4OC(C)(C)O[C@@H]4C[C@@H]21)OCO3. The average Bonchev–Trinajstić information content (AvgIpc) is 3.13. The zero-order valence-electron chi connectivity index (χ0n) is 15.0. The standard InChI is InChI=1S/C19H21NO6/c1-9(21)20-13-7-17-16(25-19(2,3)26-17)5-11(13)10-4-14-15(24-8-23-14)6-12(10)18(20)22/h4,6,11,13,16-17H,5,7-8H2,1-3H3/t11-,13+,16+,17-/m1/s1. The van der Waals surface area contributed by atoms with Crippen molar-refractivity contribution >= 4 is 11.8 Å². The van der Waals surface area contributed by atoms with Crippen molar-refractivity contribution < 1.29 is 28.5 Å². The minimum absolute atomic E-state index is 0.000139. The van der Waals surface area contributed by atoms with Gasteiger partial charge in [0.15, 0.2) is 17.3 Å². The van der Waals surface area contributed by atoms with Crippen molar-refractivity contribution in [2.75, 3.05) is 6.79 Å². The fraction of sp³-hybridized carbons (Fsp3) is 0.579. The van der Waals surface area contributed by atoms with Gasteiger partial charge in [0.1, 0.15) is 0 Å². The summed E-state index contributed by atoms with van der Waals surface area (Å²) in [5, 5.41) is 0. The molecule has 0 radical (unpaired) electrons. The van der Waals surface area contributed by atoms with E-state index in [1.807, 2.05) is 19.9 Å². The fourth-order valence-corrected chi connectivity index (χ4v) is 4.84. The number of hydrogen-bond donors (Lipinski definition) is 0. The molecule has 1 aromatic rings. The highest BCUT2D eigenvalue weighted by atomic mass is 16.8. The van der Waals surface area contributed by atoms with Crippen molar-refractivity contribution in [3.63, 3.8) is 0 Å². The van der Waals surface area contributed by atoms with E-state index in [0.29, 0.717) is 29.9 Å². The second-order valence-electron chi connectivity index (χ2n) is 7.84. The first-order chi connectivity index (χ1) is 12.3. The molecule has 0 bridgehead atoms. The smallest absolute Gasteiger partial charge is 0.261 e. The van der Waals surface area contributed by atoms with E-state index in [1.165, 1.54) is 11.8 Å². The number of benzene rings is 1. The molecule has 2 amide bonds. The van der Waals surface area contributed by atoms with E-state index in [-0.39, 0.29) is 42.8 Å². The second kappa shape index (κ2) is 5.20. The first kappa shape index (κ1) is 16.1. The van der Waals surface area contributed by atoms with Crippen LogP contribution in [0.25, 0.3) is 0 Å². The summed E-state index contributed by atoms with van der Waals surface area (Å²) in [6.45, 7) is 5.38. The lowest BCUT2D eigenvalue weighted by Crippen LogP contribution is -2.55. The van der Waals surface area contributed by atoms with Crippen LogP contribution in [0.15, 0.2) is 12.1 Å². The van der Waals surface area contributed by atoms with Crippen LogP contribution in [0.2, 0.25) is 0 Å². The molecule has 3 aliphatic heterocycles. The van der Waals surface area contributed by atoms with Gasteiger partial charge in [0.2, 0.25) is 12.7 Å². The summed E-state index contributed by atoms with van der Waals surface area (Å²) in [7, 11) is 0. The molecule has 0 N–H and O–H groups in total. The van der Waals surface area contributed by atoms with E-state index in [0.717, 1.165) is 5.56 Å². The first-order valence-corrected chi connectivity index (χ1v) is 8.97.